The molecule has 1 N–H and O–H groups in total. The van der Waals surface area contributed by atoms with Crippen LogP contribution < -0.4 is 10.2 Å². The Morgan fingerprint density at radius 2 is 1.71 bits per heavy atom. The molecule has 1 aliphatic rings. The van der Waals surface area contributed by atoms with Gasteiger partial charge < -0.3 is 14.8 Å². The molecule has 0 unspecified atom stereocenters. The fourth-order valence-corrected chi connectivity index (χ4v) is 5.41. The van der Waals surface area contributed by atoms with Gasteiger partial charge in [0.15, 0.2) is 5.11 Å². The summed E-state index contributed by atoms with van der Waals surface area (Å²) in [6, 6.07) is 21.3. The van der Waals surface area contributed by atoms with Crippen LogP contribution in [0.1, 0.15) is 40.3 Å². The maximum absolute atomic E-state index is 14.1. The Morgan fingerprint density at radius 1 is 0.971 bits per heavy atom. The van der Waals surface area contributed by atoms with E-state index >= 15 is 0 Å². The molecule has 34 heavy (non-hydrogen) atoms. The average Bonchev–Trinajstić information content (AvgIpc) is 3.32. The van der Waals surface area contributed by atoms with Crippen molar-refractivity contribution in [2.45, 2.75) is 32.9 Å². The second kappa shape index (κ2) is 8.96. The lowest BCUT2D eigenvalue weighted by Crippen LogP contribution is -2.29. The van der Waals surface area contributed by atoms with Crippen molar-refractivity contribution in [1.29, 1.82) is 0 Å². The lowest BCUT2D eigenvalue weighted by molar-refractivity contribution is 0.564. The van der Waals surface area contributed by atoms with Crippen molar-refractivity contribution >= 4 is 38.9 Å². The predicted molar refractivity (Wildman–Crippen MR) is 142 cm³/mol. The van der Waals surface area contributed by atoms with Gasteiger partial charge in [-0.25, -0.2) is 4.39 Å². The maximum Gasteiger partial charge on any atom is 0.174 e. The Labute approximate surface area is 212 Å². The number of pyridine rings is 1. The van der Waals surface area contributed by atoms with E-state index in [4.69, 9.17) is 12.2 Å². The van der Waals surface area contributed by atoms with E-state index in [0.29, 0.717) is 10.7 Å². The molecule has 1 aliphatic heterocycles. The zero-order chi connectivity index (χ0) is 24.0. The first-order chi connectivity index (χ1) is 16.3. The van der Waals surface area contributed by atoms with E-state index in [1.165, 1.54) is 6.07 Å². The number of aryl methyl sites for hydroxylation is 2. The number of hydrogen-bond donors (Lipinski definition) is 1. The molecule has 4 nitrogen and oxygen atoms in total. The topological polar surface area (TPSA) is 33.1 Å². The van der Waals surface area contributed by atoms with Crippen LogP contribution in [0, 0.1) is 26.6 Å². The molecule has 0 bridgehead atoms. The SMILES string of the molecule is Cc1cc(N2C(=S)N[C@H](c3ccccn3)[C@@H]2c2cc(C)n(-c3ccc(Br)cc3)c2C)ccc1F. The summed E-state index contributed by atoms with van der Waals surface area (Å²) in [5, 5.41) is 4.09. The summed E-state index contributed by atoms with van der Waals surface area (Å²) in [6.07, 6.45) is 1.80. The highest BCUT2D eigenvalue weighted by atomic mass is 79.9. The van der Waals surface area contributed by atoms with Crippen LogP contribution in [0.4, 0.5) is 10.1 Å². The Hall–Kier alpha value is -3.03. The first-order valence-corrected chi connectivity index (χ1v) is 12.3. The van der Waals surface area contributed by atoms with E-state index in [9.17, 15) is 4.39 Å². The molecule has 5 rings (SSSR count). The highest BCUT2D eigenvalue weighted by molar-refractivity contribution is 9.10. The van der Waals surface area contributed by atoms with Gasteiger partial charge in [0.1, 0.15) is 5.82 Å². The normalized spacial score (nSPS) is 17.8. The first kappa shape index (κ1) is 22.7. The van der Waals surface area contributed by atoms with Gasteiger partial charge in [-0.3, -0.25) is 4.98 Å². The fraction of sp³-hybridized carbons (Fsp3) is 0.185. The number of rotatable bonds is 4. The van der Waals surface area contributed by atoms with Crippen molar-refractivity contribution in [3.05, 3.63) is 111 Å². The Balaban J connectivity index is 1.68. The van der Waals surface area contributed by atoms with Crippen molar-refractivity contribution < 1.29 is 4.39 Å². The molecule has 0 saturated carbocycles. The summed E-state index contributed by atoms with van der Waals surface area (Å²) in [7, 11) is 0. The van der Waals surface area contributed by atoms with Crippen LogP contribution in [0.15, 0.2) is 77.4 Å². The number of nitrogens with zero attached hydrogens (tertiary/aromatic N) is 3. The van der Waals surface area contributed by atoms with E-state index in [-0.39, 0.29) is 17.9 Å². The molecule has 4 aromatic rings. The minimum atomic E-state index is -0.229. The summed E-state index contributed by atoms with van der Waals surface area (Å²) in [5.74, 6) is -0.229. The lowest BCUT2D eigenvalue weighted by atomic mass is 9.96. The van der Waals surface area contributed by atoms with E-state index in [2.05, 4.69) is 67.7 Å². The summed E-state index contributed by atoms with van der Waals surface area (Å²) < 4.78 is 17.4. The molecule has 1 fully saturated rings. The van der Waals surface area contributed by atoms with Gasteiger partial charge >= 0.3 is 0 Å². The van der Waals surface area contributed by atoms with Crippen LogP contribution in [-0.2, 0) is 0 Å². The summed E-state index contributed by atoms with van der Waals surface area (Å²) in [6.45, 7) is 6.02. The number of aromatic nitrogens is 2. The highest BCUT2D eigenvalue weighted by Gasteiger charge is 2.42. The van der Waals surface area contributed by atoms with Crippen molar-refractivity contribution in [2.24, 2.45) is 0 Å². The van der Waals surface area contributed by atoms with Crippen LogP contribution in [-0.4, -0.2) is 14.7 Å². The monoisotopic (exact) mass is 534 g/mol. The first-order valence-electron chi connectivity index (χ1n) is 11.1. The Bertz CT molecular complexity index is 1370. The van der Waals surface area contributed by atoms with Crippen LogP contribution in [0.3, 0.4) is 0 Å². The zero-order valence-corrected chi connectivity index (χ0v) is 21.5. The van der Waals surface area contributed by atoms with Crippen molar-refractivity contribution in [1.82, 2.24) is 14.9 Å². The number of anilines is 1. The minimum absolute atomic E-state index is 0.150. The van der Waals surface area contributed by atoms with E-state index in [0.717, 1.165) is 38.5 Å². The van der Waals surface area contributed by atoms with Crippen molar-refractivity contribution in [2.75, 3.05) is 4.90 Å². The predicted octanol–water partition coefficient (Wildman–Crippen LogP) is 6.88. The second-order valence-corrected chi connectivity index (χ2v) is 9.87. The van der Waals surface area contributed by atoms with E-state index in [1.807, 2.05) is 36.4 Å². The summed E-state index contributed by atoms with van der Waals surface area (Å²) >= 11 is 9.35. The molecule has 3 heterocycles. The second-order valence-electron chi connectivity index (χ2n) is 8.57. The van der Waals surface area contributed by atoms with Crippen LogP contribution >= 0.6 is 28.1 Å². The molecule has 0 radical (unpaired) electrons. The molecule has 0 spiro atoms. The van der Waals surface area contributed by atoms with E-state index < -0.39 is 0 Å². The molecule has 2 aromatic heterocycles. The Morgan fingerprint density at radius 3 is 2.38 bits per heavy atom. The van der Waals surface area contributed by atoms with Crippen LogP contribution in [0.2, 0.25) is 0 Å². The molecule has 1 saturated heterocycles. The van der Waals surface area contributed by atoms with Crippen LogP contribution in [0.25, 0.3) is 5.69 Å². The third-order valence-electron chi connectivity index (χ3n) is 6.39. The van der Waals surface area contributed by atoms with Crippen molar-refractivity contribution in [3.8, 4) is 5.69 Å². The molecular weight excluding hydrogens is 511 g/mol. The largest absolute Gasteiger partial charge is 0.351 e. The summed E-state index contributed by atoms with van der Waals surface area (Å²) in [4.78, 5) is 6.73. The number of halogens is 2. The standard InChI is InChI=1S/C27H24BrFN4S/c1-16-14-21(11-12-23(16)29)33-26(25(31-27(33)34)24-6-4-5-13-30-24)22-15-17(2)32(18(22)3)20-9-7-19(28)8-10-20/h4-15,25-26H,1-3H3,(H,31,34)/t25-,26+/m1/s1. The third kappa shape index (κ3) is 3.93. The summed E-state index contributed by atoms with van der Waals surface area (Å²) in [5.41, 5.74) is 6.84. The fourth-order valence-electron chi connectivity index (χ4n) is 4.80. The average molecular weight is 535 g/mol. The number of benzene rings is 2. The Kier molecular flexibility index (Phi) is 6.00. The maximum atomic E-state index is 14.1. The highest BCUT2D eigenvalue weighted by Crippen LogP contribution is 2.44. The number of hydrogen-bond acceptors (Lipinski definition) is 2. The van der Waals surface area contributed by atoms with Gasteiger partial charge in [0.2, 0.25) is 0 Å². The van der Waals surface area contributed by atoms with Gasteiger partial charge in [0.25, 0.3) is 0 Å². The van der Waals surface area contributed by atoms with Gasteiger partial charge in [0.05, 0.1) is 17.8 Å². The van der Waals surface area contributed by atoms with Gasteiger partial charge in [-0.05, 0) is 105 Å². The van der Waals surface area contributed by atoms with E-state index in [1.54, 1.807) is 19.2 Å². The minimum Gasteiger partial charge on any atom is -0.351 e. The molecule has 2 atom stereocenters. The molecule has 2 aromatic carbocycles. The zero-order valence-electron chi connectivity index (χ0n) is 19.1. The quantitative estimate of drug-likeness (QED) is 0.289. The molecule has 7 heteroatoms. The third-order valence-corrected chi connectivity index (χ3v) is 7.23. The lowest BCUT2D eigenvalue weighted by Gasteiger charge is -2.28. The van der Waals surface area contributed by atoms with Gasteiger partial charge in [0, 0.05) is 33.4 Å². The van der Waals surface area contributed by atoms with Gasteiger partial charge in [-0.15, -0.1) is 0 Å². The van der Waals surface area contributed by atoms with Gasteiger partial charge in [-0.2, -0.15) is 0 Å². The molecule has 172 valence electrons. The smallest absolute Gasteiger partial charge is 0.174 e. The number of thiocarbonyl (C=S) groups is 1. The molecule has 0 amide bonds. The molecular formula is C27H24BrFN4S. The number of nitrogens with one attached hydrogen (secondary N) is 1. The molecule has 0 aliphatic carbocycles. The van der Waals surface area contributed by atoms with Crippen LogP contribution in [0.5, 0.6) is 0 Å². The van der Waals surface area contributed by atoms with Crippen molar-refractivity contribution in [3.63, 3.8) is 0 Å². The van der Waals surface area contributed by atoms with Gasteiger partial charge in [-0.1, -0.05) is 22.0 Å².